The van der Waals surface area contributed by atoms with Crippen molar-refractivity contribution in [2.45, 2.75) is 25.5 Å². The van der Waals surface area contributed by atoms with Gasteiger partial charge in [-0.1, -0.05) is 12.2 Å². The van der Waals surface area contributed by atoms with Crippen LogP contribution in [0, 0.1) is 10.1 Å². The lowest BCUT2D eigenvalue weighted by molar-refractivity contribution is -0.384. The third-order valence-corrected chi connectivity index (χ3v) is 3.02. The highest BCUT2D eigenvalue weighted by Crippen LogP contribution is 2.37. The summed E-state index contributed by atoms with van der Waals surface area (Å²) in [6.45, 7) is 3.83. The molecule has 1 atom stereocenters. The normalized spacial score (nSPS) is 20.7. The smallest absolute Gasteiger partial charge is 0.271 e. The van der Waals surface area contributed by atoms with E-state index in [1.807, 2.05) is 13.8 Å². The highest BCUT2D eigenvalue weighted by molar-refractivity contribution is 7.79. The second-order valence-corrected chi connectivity index (χ2v) is 4.67. The molecule has 1 N–H and O–H groups in total. The van der Waals surface area contributed by atoms with Crippen LogP contribution >= 0.6 is 12.2 Å². The highest BCUT2D eigenvalue weighted by Gasteiger charge is 2.35. The van der Waals surface area contributed by atoms with Crippen LogP contribution in [0.1, 0.15) is 13.8 Å². The van der Waals surface area contributed by atoms with Gasteiger partial charge in [0.15, 0.2) is 0 Å². The number of nitrogens with zero attached hydrogens (tertiary/aromatic N) is 1. The lowest BCUT2D eigenvalue weighted by atomic mass is 9.97. The van der Waals surface area contributed by atoms with Crippen LogP contribution in [-0.2, 0) is 0 Å². The van der Waals surface area contributed by atoms with E-state index in [0.29, 0.717) is 11.4 Å². The van der Waals surface area contributed by atoms with Crippen molar-refractivity contribution in [3.8, 4) is 5.75 Å². The molecule has 0 amide bonds. The summed E-state index contributed by atoms with van der Waals surface area (Å²) in [6, 6.07) is 4.32. The largest absolute Gasteiger partial charge is 0.483 e. The first-order valence-electron chi connectivity index (χ1n) is 5.13. The maximum Gasteiger partial charge on any atom is 0.271 e. The van der Waals surface area contributed by atoms with E-state index in [4.69, 9.17) is 17.0 Å². The lowest BCUT2D eigenvalue weighted by Crippen LogP contribution is -2.50. The van der Waals surface area contributed by atoms with Gasteiger partial charge in [0.2, 0.25) is 0 Å². The topological polar surface area (TPSA) is 64.4 Å². The number of thiocarbonyl (C=S) groups is 1. The van der Waals surface area contributed by atoms with E-state index in [0.717, 1.165) is 0 Å². The number of benzene rings is 1. The summed E-state index contributed by atoms with van der Waals surface area (Å²) in [7, 11) is 0. The first-order valence-corrected chi connectivity index (χ1v) is 5.60. The number of hydrogen-bond donors (Lipinski definition) is 1. The van der Waals surface area contributed by atoms with Crippen LogP contribution in [-0.4, -0.2) is 21.9 Å². The van der Waals surface area contributed by atoms with E-state index in [1.165, 1.54) is 12.1 Å². The van der Waals surface area contributed by atoms with Crippen LogP contribution in [0.25, 0.3) is 0 Å². The Labute approximate surface area is 104 Å². The molecule has 1 heterocycles. The number of nitrogens with one attached hydrogen (secondary N) is 1. The third-order valence-electron chi connectivity index (χ3n) is 2.74. The lowest BCUT2D eigenvalue weighted by Gasteiger charge is -2.38. The Morgan fingerprint density at radius 1 is 1.59 bits per heavy atom. The summed E-state index contributed by atoms with van der Waals surface area (Å²) in [4.78, 5) is 10.2. The molecule has 17 heavy (non-hydrogen) atoms. The highest BCUT2D eigenvalue weighted by atomic mass is 32.1. The number of rotatable bonds is 2. The quantitative estimate of drug-likeness (QED) is 0.498. The molecule has 1 unspecified atom stereocenters. The average molecular weight is 252 g/mol. The van der Waals surface area contributed by atoms with Crippen molar-refractivity contribution in [2.24, 2.45) is 0 Å². The fraction of sp³-hybridized carbons (Fsp3) is 0.364. The predicted molar refractivity (Wildman–Crippen MR) is 68.9 cm³/mol. The maximum atomic E-state index is 10.7. The van der Waals surface area contributed by atoms with Crippen LogP contribution < -0.4 is 10.1 Å². The zero-order chi connectivity index (χ0) is 12.6. The van der Waals surface area contributed by atoms with Gasteiger partial charge >= 0.3 is 0 Å². The van der Waals surface area contributed by atoms with Crippen LogP contribution in [0.2, 0.25) is 0 Å². The Morgan fingerprint density at radius 2 is 2.29 bits per heavy atom. The van der Waals surface area contributed by atoms with Crippen molar-refractivity contribution in [3.63, 3.8) is 0 Å². The van der Waals surface area contributed by atoms with Crippen molar-refractivity contribution in [1.82, 2.24) is 0 Å². The minimum absolute atomic E-state index is 0.0303. The SMILES string of the molecule is CC1(C)Oc2ccc([N+](=O)[O-])cc2NC1C=S. The van der Waals surface area contributed by atoms with E-state index in [1.54, 1.807) is 11.4 Å². The fourth-order valence-corrected chi connectivity index (χ4v) is 2.12. The Morgan fingerprint density at radius 3 is 2.88 bits per heavy atom. The van der Waals surface area contributed by atoms with Crippen molar-refractivity contribution >= 4 is 29.0 Å². The molecule has 0 fully saturated rings. The Balaban J connectivity index is 2.42. The minimum Gasteiger partial charge on any atom is -0.483 e. The van der Waals surface area contributed by atoms with Gasteiger partial charge in [0.25, 0.3) is 5.69 Å². The molecule has 5 nitrogen and oxygen atoms in total. The van der Waals surface area contributed by atoms with Crippen LogP contribution in [0.3, 0.4) is 0 Å². The fourth-order valence-electron chi connectivity index (χ4n) is 1.72. The molecule has 1 aliphatic heterocycles. The molecule has 6 heteroatoms. The molecule has 1 aliphatic rings. The molecule has 2 rings (SSSR count). The number of hydrogen-bond acceptors (Lipinski definition) is 5. The molecule has 0 spiro atoms. The Hall–Kier alpha value is -1.69. The van der Waals surface area contributed by atoms with Gasteiger partial charge in [0.1, 0.15) is 11.4 Å². The van der Waals surface area contributed by atoms with E-state index in [2.05, 4.69) is 5.32 Å². The summed E-state index contributed by atoms with van der Waals surface area (Å²) < 4.78 is 5.77. The Bertz CT molecular complexity index is 488. The summed E-state index contributed by atoms with van der Waals surface area (Å²) in [5.41, 5.74) is 0.164. The summed E-state index contributed by atoms with van der Waals surface area (Å²) in [6.07, 6.45) is 0. The third kappa shape index (κ3) is 2.08. The van der Waals surface area contributed by atoms with Crippen LogP contribution in [0.5, 0.6) is 5.75 Å². The summed E-state index contributed by atoms with van der Waals surface area (Å²) in [5.74, 6) is 0.605. The van der Waals surface area contributed by atoms with Gasteiger partial charge in [-0.25, -0.2) is 0 Å². The summed E-state index contributed by atoms with van der Waals surface area (Å²) >= 11 is 4.93. The average Bonchev–Trinajstić information content (AvgIpc) is 2.26. The standard InChI is InChI=1S/C11H12N2O3S/c1-11(2)10(6-17)12-8-5-7(13(14)15)3-4-9(8)16-11/h3-6,10,12H,1-2H3. The maximum absolute atomic E-state index is 10.7. The van der Waals surface area contributed by atoms with Crippen LogP contribution in [0.4, 0.5) is 11.4 Å². The van der Waals surface area contributed by atoms with E-state index < -0.39 is 10.5 Å². The number of non-ortho nitro benzene ring substituents is 1. The van der Waals surface area contributed by atoms with Gasteiger partial charge < -0.3 is 10.1 Å². The zero-order valence-electron chi connectivity index (χ0n) is 9.47. The molecule has 0 radical (unpaired) electrons. The van der Waals surface area contributed by atoms with Crippen molar-refractivity contribution in [1.29, 1.82) is 0 Å². The second kappa shape index (κ2) is 3.96. The number of nitro groups is 1. The number of ether oxygens (including phenoxy) is 1. The first kappa shape index (κ1) is 11.8. The van der Waals surface area contributed by atoms with Crippen molar-refractivity contribution < 1.29 is 9.66 Å². The minimum atomic E-state index is -0.467. The zero-order valence-corrected chi connectivity index (χ0v) is 10.3. The van der Waals surface area contributed by atoms with Gasteiger partial charge in [-0.3, -0.25) is 10.1 Å². The predicted octanol–water partition coefficient (Wildman–Crippen LogP) is 2.55. The molecule has 0 saturated carbocycles. The van der Waals surface area contributed by atoms with Gasteiger partial charge in [-0.2, -0.15) is 0 Å². The van der Waals surface area contributed by atoms with Crippen molar-refractivity contribution in [3.05, 3.63) is 28.3 Å². The van der Waals surface area contributed by atoms with Gasteiger partial charge in [-0.05, 0) is 19.9 Å². The molecule has 0 aliphatic carbocycles. The molecule has 1 aromatic rings. The van der Waals surface area contributed by atoms with E-state index >= 15 is 0 Å². The van der Waals surface area contributed by atoms with E-state index in [9.17, 15) is 10.1 Å². The van der Waals surface area contributed by atoms with Gasteiger partial charge in [-0.15, -0.1) is 0 Å². The molecular formula is C11H12N2O3S. The van der Waals surface area contributed by atoms with Crippen molar-refractivity contribution in [2.75, 3.05) is 5.32 Å². The van der Waals surface area contributed by atoms with Gasteiger partial charge in [0, 0.05) is 17.5 Å². The summed E-state index contributed by atoms with van der Waals surface area (Å²) in [5, 5.41) is 15.4. The second-order valence-electron chi connectivity index (χ2n) is 4.40. The molecule has 0 aromatic heterocycles. The Kier molecular flexibility index (Phi) is 2.74. The molecule has 0 saturated heterocycles. The molecule has 0 bridgehead atoms. The van der Waals surface area contributed by atoms with Crippen LogP contribution in [0.15, 0.2) is 18.2 Å². The molecule has 1 aromatic carbocycles. The molecular weight excluding hydrogens is 240 g/mol. The number of fused-ring (bicyclic) bond motifs is 1. The monoisotopic (exact) mass is 252 g/mol. The van der Waals surface area contributed by atoms with E-state index in [-0.39, 0.29) is 11.7 Å². The number of anilines is 1. The number of nitro benzene ring substituents is 1. The van der Waals surface area contributed by atoms with Gasteiger partial charge in [0.05, 0.1) is 16.7 Å². The molecule has 90 valence electrons. The first-order chi connectivity index (χ1) is 7.94.